The van der Waals surface area contributed by atoms with Crippen LogP contribution < -0.4 is 10.6 Å². The summed E-state index contributed by atoms with van der Waals surface area (Å²) in [6.45, 7) is 4.17. The molecular weight excluding hydrogens is 308 g/mol. The van der Waals surface area contributed by atoms with Gasteiger partial charge in [0.05, 0.1) is 13.2 Å². The Labute approximate surface area is 142 Å². The van der Waals surface area contributed by atoms with E-state index in [1.54, 1.807) is 11.0 Å². The first-order valence-corrected chi connectivity index (χ1v) is 8.18. The smallest absolute Gasteiger partial charge is 0.317 e. The number of amides is 3. The van der Waals surface area contributed by atoms with Crippen molar-refractivity contribution in [2.75, 3.05) is 53.5 Å². The van der Waals surface area contributed by atoms with Gasteiger partial charge in [-0.05, 0) is 31.8 Å². The van der Waals surface area contributed by atoms with Crippen LogP contribution >= 0.6 is 0 Å². The first-order chi connectivity index (χ1) is 11.6. The largest absolute Gasteiger partial charge is 0.378 e. The molecule has 132 valence electrons. The molecule has 1 saturated heterocycles. The fraction of sp³-hybridized carbons (Fsp3) is 0.529. The fourth-order valence-electron chi connectivity index (χ4n) is 2.37. The minimum Gasteiger partial charge on any atom is -0.378 e. The predicted molar refractivity (Wildman–Crippen MR) is 92.0 cm³/mol. The normalized spacial score (nSPS) is 14.5. The maximum atomic E-state index is 12.1. The van der Waals surface area contributed by atoms with Crippen LogP contribution in [0.5, 0.6) is 0 Å². The second-order valence-electron chi connectivity index (χ2n) is 6.02. The number of nitrogens with zero attached hydrogens (tertiary/aromatic N) is 2. The molecule has 1 aromatic rings. The zero-order valence-corrected chi connectivity index (χ0v) is 14.4. The third-order valence-corrected chi connectivity index (χ3v) is 3.78. The van der Waals surface area contributed by atoms with Crippen molar-refractivity contribution >= 4 is 11.9 Å². The number of hydrogen-bond donors (Lipinski definition) is 2. The molecule has 7 nitrogen and oxygen atoms in total. The van der Waals surface area contributed by atoms with E-state index in [0.717, 1.165) is 12.1 Å². The van der Waals surface area contributed by atoms with Crippen molar-refractivity contribution in [1.82, 2.24) is 20.4 Å². The number of nitrogens with one attached hydrogen (secondary N) is 2. The first-order valence-electron chi connectivity index (χ1n) is 8.18. The van der Waals surface area contributed by atoms with Gasteiger partial charge in [-0.25, -0.2) is 4.79 Å². The fourth-order valence-corrected chi connectivity index (χ4v) is 2.37. The van der Waals surface area contributed by atoms with Crippen LogP contribution in [0.3, 0.4) is 0 Å². The summed E-state index contributed by atoms with van der Waals surface area (Å²) in [5.74, 6) is -0.0989. The molecule has 0 unspecified atom stereocenters. The molecule has 0 atom stereocenters. The molecule has 0 bridgehead atoms. The number of urea groups is 1. The molecule has 0 spiro atoms. The monoisotopic (exact) mass is 334 g/mol. The van der Waals surface area contributed by atoms with Gasteiger partial charge in [-0.1, -0.05) is 12.1 Å². The minimum atomic E-state index is -0.0989. The number of carbonyl (C=O) groups excluding carboxylic acids is 2. The van der Waals surface area contributed by atoms with E-state index >= 15 is 0 Å². The van der Waals surface area contributed by atoms with Crippen molar-refractivity contribution in [3.05, 3.63) is 35.4 Å². The van der Waals surface area contributed by atoms with Crippen LogP contribution in [-0.2, 0) is 11.3 Å². The Morgan fingerprint density at radius 1 is 1.21 bits per heavy atom. The van der Waals surface area contributed by atoms with E-state index in [0.29, 0.717) is 45.0 Å². The lowest BCUT2D eigenvalue weighted by Gasteiger charge is -2.26. The number of carbonyl (C=O) groups is 2. The lowest BCUT2D eigenvalue weighted by atomic mass is 10.1. The Hall–Kier alpha value is -2.12. The van der Waals surface area contributed by atoms with Gasteiger partial charge in [0.15, 0.2) is 0 Å². The molecule has 1 aliphatic rings. The van der Waals surface area contributed by atoms with Gasteiger partial charge in [-0.15, -0.1) is 0 Å². The van der Waals surface area contributed by atoms with Crippen molar-refractivity contribution in [3.63, 3.8) is 0 Å². The Bertz CT molecular complexity index is 557. The van der Waals surface area contributed by atoms with E-state index in [1.807, 2.05) is 37.2 Å². The van der Waals surface area contributed by atoms with E-state index < -0.39 is 0 Å². The second-order valence-corrected chi connectivity index (χ2v) is 6.02. The highest BCUT2D eigenvalue weighted by Gasteiger charge is 2.16. The molecule has 2 N–H and O–H groups in total. The van der Waals surface area contributed by atoms with Crippen LogP contribution in [0.1, 0.15) is 15.9 Å². The summed E-state index contributed by atoms with van der Waals surface area (Å²) in [4.78, 5) is 27.9. The number of likely N-dealkylation sites (N-methyl/N-ethyl adjacent to an activating group) is 1. The average molecular weight is 334 g/mol. The van der Waals surface area contributed by atoms with E-state index in [1.165, 1.54) is 0 Å². The maximum absolute atomic E-state index is 12.1. The van der Waals surface area contributed by atoms with Crippen LogP contribution in [0, 0.1) is 0 Å². The molecule has 1 aromatic carbocycles. The molecule has 1 fully saturated rings. The Kier molecular flexibility index (Phi) is 7.02. The molecule has 0 aromatic heterocycles. The van der Waals surface area contributed by atoms with Gasteiger partial charge in [0.2, 0.25) is 0 Å². The van der Waals surface area contributed by atoms with E-state index in [-0.39, 0.29) is 11.9 Å². The molecule has 7 heteroatoms. The summed E-state index contributed by atoms with van der Waals surface area (Å²) in [5, 5.41) is 5.77. The van der Waals surface area contributed by atoms with Crippen molar-refractivity contribution in [3.8, 4) is 0 Å². The Morgan fingerprint density at radius 2 is 1.96 bits per heavy atom. The van der Waals surface area contributed by atoms with Crippen molar-refractivity contribution < 1.29 is 14.3 Å². The van der Waals surface area contributed by atoms with Crippen LogP contribution in [0.25, 0.3) is 0 Å². The highest BCUT2D eigenvalue weighted by atomic mass is 16.5. The van der Waals surface area contributed by atoms with Gasteiger partial charge in [0.25, 0.3) is 5.91 Å². The van der Waals surface area contributed by atoms with Crippen molar-refractivity contribution in [2.45, 2.75) is 6.54 Å². The summed E-state index contributed by atoms with van der Waals surface area (Å²) in [7, 11) is 3.92. The molecule has 24 heavy (non-hydrogen) atoms. The lowest BCUT2D eigenvalue weighted by molar-refractivity contribution is 0.0531. The molecule has 1 heterocycles. The summed E-state index contributed by atoms with van der Waals surface area (Å²) >= 11 is 0. The zero-order valence-electron chi connectivity index (χ0n) is 14.4. The van der Waals surface area contributed by atoms with Crippen molar-refractivity contribution in [1.29, 1.82) is 0 Å². The Morgan fingerprint density at radius 3 is 2.67 bits per heavy atom. The van der Waals surface area contributed by atoms with Gasteiger partial charge < -0.3 is 25.2 Å². The van der Waals surface area contributed by atoms with E-state index in [9.17, 15) is 9.59 Å². The third-order valence-electron chi connectivity index (χ3n) is 3.78. The predicted octanol–water partition coefficient (Wildman–Crippen LogP) is 0.520. The summed E-state index contributed by atoms with van der Waals surface area (Å²) in [6, 6.07) is 7.22. The zero-order chi connectivity index (χ0) is 17.4. The van der Waals surface area contributed by atoms with Crippen LogP contribution in [0.15, 0.2) is 24.3 Å². The summed E-state index contributed by atoms with van der Waals surface area (Å²) in [6.07, 6.45) is 0. The number of ether oxygens (including phenoxy) is 1. The van der Waals surface area contributed by atoms with Gasteiger partial charge in [-0.2, -0.15) is 0 Å². The van der Waals surface area contributed by atoms with Crippen LogP contribution in [0.4, 0.5) is 4.79 Å². The topological polar surface area (TPSA) is 73.9 Å². The number of benzene rings is 1. The van der Waals surface area contributed by atoms with Gasteiger partial charge >= 0.3 is 6.03 Å². The molecule has 2 rings (SSSR count). The maximum Gasteiger partial charge on any atom is 0.317 e. The van der Waals surface area contributed by atoms with Gasteiger partial charge in [-0.3, -0.25) is 4.79 Å². The van der Waals surface area contributed by atoms with Crippen LogP contribution in [0.2, 0.25) is 0 Å². The third kappa shape index (κ3) is 5.82. The molecule has 0 radical (unpaired) electrons. The lowest BCUT2D eigenvalue weighted by Crippen LogP contribution is -2.45. The van der Waals surface area contributed by atoms with Gasteiger partial charge in [0.1, 0.15) is 0 Å². The SMILES string of the molecule is CN(C)CCNC(=O)c1cccc(CNC(=O)N2CCOCC2)c1. The average Bonchev–Trinajstić information content (AvgIpc) is 2.60. The standard InChI is InChI=1S/C17H26N4O3/c1-20(2)7-6-18-16(22)15-5-3-4-14(12-15)13-19-17(23)21-8-10-24-11-9-21/h3-5,12H,6-11,13H2,1-2H3,(H,18,22)(H,19,23). The molecular formula is C17H26N4O3. The van der Waals surface area contributed by atoms with Crippen molar-refractivity contribution in [2.24, 2.45) is 0 Å². The summed E-state index contributed by atoms with van der Waals surface area (Å²) < 4.78 is 5.23. The first kappa shape index (κ1) is 18.2. The molecule has 3 amide bonds. The van der Waals surface area contributed by atoms with E-state index in [2.05, 4.69) is 10.6 Å². The van der Waals surface area contributed by atoms with E-state index in [4.69, 9.17) is 4.74 Å². The number of morpholine rings is 1. The highest BCUT2D eigenvalue weighted by molar-refractivity contribution is 5.94. The number of hydrogen-bond acceptors (Lipinski definition) is 4. The molecule has 0 saturated carbocycles. The Balaban J connectivity index is 1.83. The number of rotatable bonds is 6. The minimum absolute atomic E-state index is 0.0980. The molecule has 0 aliphatic carbocycles. The van der Waals surface area contributed by atoms with Gasteiger partial charge in [0, 0.05) is 38.3 Å². The van der Waals surface area contributed by atoms with Crippen LogP contribution in [-0.4, -0.2) is 75.2 Å². The second kappa shape index (κ2) is 9.24. The summed E-state index contributed by atoms with van der Waals surface area (Å²) in [5.41, 5.74) is 1.50. The molecule has 1 aliphatic heterocycles. The highest BCUT2D eigenvalue weighted by Crippen LogP contribution is 2.06. The quantitative estimate of drug-likeness (QED) is 0.795.